The van der Waals surface area contributed by atoms with Crippen molar-refractivity contribution in [2.24, 2.45) is 0 Å². The molecule has 144 valence electrons. The number of sulfone groups is 1. The molecule has 0 bridgehead atoms. The second-order valence-corrected chi connectivity index (χ2v) is 8.94. The van der Waals surface area contributed by atoms with Gasteiger partial charge in [-0.15, -0.1) is 0 Å². The summed E-state index contributed by atoms with van der Waals surface area (Å²) in [4.78, 5) is 12.8. The minimum Gasteiger partial charge on any atom is -0.305 e. The van der Waals surface area contributed by atoms with E-state index < -0.39 is 15.2 Å². The Bertz CT molecular complexity index is 1170. The van der Waals surface area contributed by atoms with Crippen molar-refractivity contribution in [3.05, 3.63) is 76.5 Å². The normalized spacial score (nSPS) is 16.0. The molecule has 1 amide bonds. The molecule has 3 N–H and O–H groups in total. The lowest BCUT2D eigenvalue weighted by Gasteiger charge is -2.15. The van der Waals surface area contributed by atoms with Gasteiger partial charge >= 0.3 is 0 Å². The number of carbonyl (C=O) groups is 1. The molecule has 1 atom stereocenters. The average molecular weight is 396 g/mol. The Morgan fingerprint density at radius 1 is 1.11 bits per heavy atom. The zero-order valence-electron chi connectivity index (χ0n) is 15.5. The number of aromatic nitrogens is 2. The molecular weight excluding hydrogens is 376 g/mol. The van der Waals surface area contributed by atoms with Crippen molar-refractivity contribution in [3.63, 3.8) is 0 Å². The van der Waals surface area contributed by atoms with Crippen LogP contribution in [0.15, 0.2) is 53.4 Å². The van der Waals surface area contributed by atoms with Crippen LogP contribution in [0.3, 0.4) is 0 Å². The van der Waals surface area contributed by atoms with Gasteiger partial charge in [0.15, 0.2) is 15.7 Å². The van der Waals surface area contributed by atoms with Gasteiger partial charge in [0.2, 0.25) is 0 Å². The van der Waals surface area contributed by atoms with Gasteiger partial charge in [0, 0.05) is 12.1 Å². The zero-order chi connectivity index (χ0) is 19.9. The molecular formula is C20H20N4O3S. The molecule has 7 nitrogen and oxygen atoms in total. The minimum atomic E-state index is -3.70. The third kappa shape index (κ3) is 3.21. The lowest BCUT2D eigenvalue weighted by molar-refractivity contribution is 0.102. The van der Waals surface area contributed by atoms with Crippen LogP contribution in [-0.4, -0.2) is 24.5 Å². The summed E-state index contributed by atoms with van der Waals surface area (Å²) in [6, 6.07) is 13.9. The lowest BCUT2D eigenvalue weighted by Crippen LogP contribution is -2.24. The maximum Gasteiger partial charge on any atom is 0.256 e. The van der Waals surface area contributed by atoms with E-state index in [9.17, 15) is 13.2 Å². The summed E-state index contributed by atoms with van der Waals surface area (Å²) >= 11 is 0. The Morgan fingerprint density at radius 2 is 1.82 bits per heavy atom. The molecule has 1 aliphatic heterocycles. The summed E-state index contributed by atoms with van der Waals surface area (Å²) in [6.07, 6.45) is 0. The maximum atomic E-state index is 13.2. The molecule has 3 aromatic rings. The number of nitrogens with zero attached hydrogens (tertiary/aromatic N) is 1. The highest BCUT2D eigenvalue weighted by atomic mass is 32.2. The summed E-state index contributed by atoms with van der Waals surface area (Å²) in [6.45, 7) is 4.08. The smallest absolute Gasteiger partial charge is 0.256 e. The van der Waals surface area contributed by atoms with Crippen LogP contribution < -0.4 is 10.6 Å². The van der Waals surface area contributed by atoms with Crippen LogP contribution in [-0.2, 0) is 16.4 Å². The van der Waals surface area contributed by atoms with Gasteiger partial charge in [-0.05, 0) is 43.7 Å². The third-order valence-electron chi connectivity index (χ3n) is 4.75. The fourth-order valence-electron chi connectivity index (χ4n) is 3.36. The number of H-pyrrole nitrogens is 1. The quantitative estimate of drug-likeness (QED) is 0.629. The van der Waals surface area contributed by atoms with E-state index in [1.54, 1.807) is 36.4 Å². The number of fused-ring (bicyclic) bond motifs is 1. The van der Waals surface area contributed by atoms with E-state index in [-0.39, 0.29) is 16.6 Å². The number of amides is 1. The highest BCUT2D eigenvalue weighted by molar-refractivity contribution is 7.91. The molecule has 28 heavy (non-hydrogen) atoms. The fourth-order valence-corrected chi connectivity index (χ4v) is 5.11. The van der Waals surface area contributed by atoms with Crippen molar-refractivity contribution in [1.29, 1.82) is 0 Å². The first kappa shape index (κ1) is 18.4. The van der Waals surface area contributed by atoms with Crippen LogP contribution in [0.4, 0.5) is 5.82 Å². The van der Waals surface area contributed by atoms with Crippen molar-refractivity contribution < 1.29 is 13.2 Å². The SMILES string of the molecule is Cc1cccc(C(=O)Nc2n[nH]c3c2C(S(=O)(=O)c2cccc(C)c2)NC3)c1. The standard InChI is InChI=1S/C20H20N4O3S/c1-12-5-3-7-14(9-12)19(25)22-18-17-16(23-24-18)11-21-20(17)28(26,27)15-8-4-6-13(2)10-15/h3-10,20-21H,11H2,1-2H3,(H2,22,23,24,25). The van der Waals surface area contributed by atoms with E-state index in [4.69, 9.17) is 0 Å². The maximum absolute atomic E-state index is 13.2. The third-order valence-corrected chi connectivity index (χ3v) is 6.68. The van der Waals surface area contributed by atoms with Crippen LogP contribution in [0.25, 0.3) is 0 Å². The van der Waals surface area contributed by atoms with Gasteiger partial charge in [-0.1, -0.05) is 29.8 Å². The number of carbonyl (C=O) groups excluding carboxylic acids is 1. The minimum absolute atomic E-state index is 0.229. The number of anilines is 1. The first-order chi connectivity index (χ1) is 13.4. The summed E-state index contributed by atoms with van der Waals surface area (Å²) in [5.41, 5.74) is 3.42. The number of hydrogen-bond donors (Lipinski definition) is 3. The molecule has 1 aliphatic rings. The first-order valence-electron chi connectivity index (χ1n) is 8.85. The van der Waals surface area contributed by atoms with Crippen LogP contribution >= 0.6 is 0 Å². The summed E-state index contributed by atoms with van der Waals surface area (Å²) in [5.74, 6) is -0.107. The molecule has 4 rings (SSSR count). The molecule has 2 aromatic carbocycles. The van der Waals surface area contributed by atoms with Crippen molar-refractivity contribution in [2.45, 2.75) is 30.7 Å². The van der Waals surface area contributed by atoms with Gasteiger partial charge in [-0.2, -0.15) is 5.10 Å². The number of aryl methyl sites for hydroxylation is 2. The number of rotatable bonds is 4. The molecule has 1 aromatic heterocycles. The molecule has 8 heteroatoms. The largest absolute Gasteiger partial charge is 0.305 e. The van der Waals surface area contributed by atoms with Crippen LogP contribution in [0.2, 0.25) is 0 Å². The number of benzene rings is 2. The van der Waals surface area contributed by atoms with Crippen molar-refractivity contribution >= 4 is 21.6 Å². The Morgan fingerprint density at radius 3 is 2.54 bits per heavy atom. The molecule has 0 fully saturated rings. The predicted molar refractivity (Wildman–Crippen MR) is 106 cm³/mol. The van der Waals surface area contributed by atoms with Gasteiger partial charge in [-0.3, -0.25) is 15.2 Å². The first-order valence-corrected chi connectivity index (χ1v) is 10.4. The Hall–Kier alpha value is -2.97. The second kappa shape index (κ2) is 6.88. The molecule has 0 spiro atoms. The second-order valence-electron chi connectivity index (χ2n) is 6.91. The van der Waals surface area contributed by atoms with Crippen molar-refractivity contribution in [2.75, 3.05) is 5.32 Å². The van der Waals surface area contributed by atoms with Gasteiger partial charge < -0.3 is 5.32 Å². The van der Waals surface area contributed by atoms with Crippen molar-refractivity contribution in [3.8, 4) is 0 Å². The molecule has 0 saturated heterocycles. The van der Waals surface area contributed by atoms with Crippen LogP contribution in [0.1, 0.15) is 38.1 Å². The van der Waals surface area contributed by atoms with Crippen LogP contribution in [0, 0.1) is 13.8 Å². The van der Waals surface area contributed by atoms with Gasteiger partial charge in [-0.25, -0.2) is 8.42 Å². The molecule has 1 unspecified atom stereocenters. The Balaban J connectivity index is 1.68. The van der Waals surface area contributed by atoms with Crippen LogP contribution in [0.5, 0.6) is 0 Å². The summed E-state index contributed by atoms with van der Waals surface area (Å²) in [7, 11) is -3.70. The van der Waals surface area contributed by atoms with Gasteiger partial charge in [0.25, 0.3) is 5.91 Å². The highest BCUT2D eigenvalue weighted by Gasteiger charge is 2.39. The molecule has 0 saturated carbocycles. The van der Waals surface area contributed by atoms with E-state index in [1.807, 2.05) is 26.0 Å². The number of hydrogen-bond acceptors (Lipinski definition) is 5. The molecule has 0 radical (unpaired) electrons. The van der Waals surface area contributed by atoms with E-state index in [0.717, 1.165) is 11.1 Å². The summed E-state index contributed by atoms with van der Waals surface area (Å²) < 4.78 is 26.4. The number of aromatic amines is 1. The van der Waals surface area contributed by atoms with E-state index in [1.165, 1.54) is 0 Å². The van der Waals surface area contributed by atoms with E-state index in [2.05, 4.69) is 20.8 Å². The average Bonchev–Trinajstić information content (AvgIpc) is 3.25. The van der Waals surface area contributed by atoms with E-state index >= 15 is 0 Å². The zero-order valence-corrected chi connectivity index (χ0v) is 16.3. The Kier molecular flexibility index (Phi) is 4.52. The molecule has 2 heterocycles. The summed E-state index contributed by atoms with van der Waals surface area (Å²) in [5, 5.41) is 11.7. The van der Waals surface area contributed by atoms with Gasteiger partial charge in [0.1, 0.15) is 5.37 Å². The van der Waals surface area contributed by atoms with E-state index in [0.29, 0.717) is 23.4 Å². The highest BCUT2D eigenvalue weighted by Crippen LogP contribution is 2.37. The predicted octanol–water partition coefficient (Wildman–Crippen LogP) is 2.85. The fraction of sp³-hybridized carbons (Fsp3) is 0.200. The lowest BCUT2D eigenvalue weighted by atomic mass is 10.1. The van der Waals surface area contributed by atoms with Gasteiger partial charge in [0.05, 0.1) is 16.2 Å². The Labute approximate surface area is 163 Å². The topological polar surface area (TPSA) is 104 Å². The van der Waals surface area contributed by atoms with Crippen molar-refractivity contribution in [1.82, 2.24) is 15.5 Å². The number of nitrogens with one attached hydrogen (secondary N) is 3. The molecule has 0 aliphatic carbocycles. The monoisotopic (exact) mass is 396 g/mol.